The summed E-state index contributed by atoms with van der Waals surface area (Å²) in [5.74, 6) is 1.65. The number of nitrogens with zero attached hydrogens (tertiary/aromatic N) is 1. The molecular formula is C17H26N2OS. The van der Waals surface area contributed by atoms with Gasteiger partial charge in [-0.3, -0.25) is 0 Å². The van der Waals surface area contributed by atoms with Crippen LogP contribution in [-0.2, 0) is 0 Å². The van der Waals surface area contributed by atoms with Gasteiger partial charge in [-0.05, 0) is 30.9 Å². The van der Waals surface area contributed by atoms with Crippen LogP contribution in [0.1, 0.15) is 32.6 Å². The van der Waals surface area contributed by atoms with E-state index in [-0.39, 0.29) is 6.03 Å². The number of rotatable bonds is 5. The maximum Gasteiger partial charge on any atom is 0.317 e. The zero-order chi connectivity index (χ0) is 15.1. The molecule has 1 aromatic carbocycles. The lowest BCUT2D eigenvalue weighted by atomic mass is 9.86. The second-order valence-corrected chi connectivity index (χ2v) is 7.10. The summed E-state index contributed by atoms with van der Waals surface area (Å²) in [4.78, 5) is 15.3. The molecule has 4 heteroatoms. The van der Waals surface area contributed by atoms with Crippen molar-refractivity contribution in [2.75, 3.05) is 19.3 Å². The third kappa shape index (κ3) is 5.27. The first-order chi connectivity index (χ1) is 10.2. The van der Waals surface area contributed by atoms with Gasteiger partial charge >= 0.3 is 6.03 Å². The van der Waals surface area contributed by atoms with E-state index in [0.717, 1.165) is 24.5 Å². The second kappa shape index (κ2) is 8.32. The normalized spacial score (nSPS) is 21.8. The van der Waals surface area contributed by atoms with Crippen LogP contribution >= 0.6 is 11.8 Å². The van der Waals surface area contributed by atoms with E-state index >= 15 is 0 Å². The molecule has 0 bridgehead atoms. The number of thioether (sulfide) groups is 1. The maximum atomic E-state index is 12.2. The molecule has 0 aliphatic heterocycles. The van der Waals surface area contributed by atoms with Gasteiger partial charge in [-0.2, -0.15) is 0 Å². The third-order valence-electron chi connectivity index (χ3n) is 4.17. The quantitative estimate of drug-likeness (QED) is 0.659. The molecule has 0 aromatic heterocycles. The average Bonchev–Trinajstić information content (AvgIpc) is 2.51. The van der Waals surface area contributed by atoms with Gasteiger partial charge in [0.1, 0.15) is 0 Å². The average molecular weight is 306 g/mol. The summed E-state index contributed by atoms with van der Waals surface area (Å²) in [6.07, 6.45) is 4.84. The highest BCUT2D eigenvalue weighted by molar-refractivity contribution is 7.99. The lowest BCUT2D eigenvalue weighted by Crippen LogP contribution is -2.45. The van der Waals surface area contributed by atoms with Gasteiger partial charge in [0, 0.05) is 30.3 Å². The van der Waals surface area contributed by atoms with E-state index < -0.39 is 0 Å². The minimum atomic E-state index is 0.0720. The fraction of sp³-hybridized carbons (Fsp3) is 0.588. The highest BCUT2D eigenvalue weighted by Crippen LogP contribution is 2.26. The third-order valence-corrected chi connectivity index (χ3v) is 5.18. The molecule has 21 heavy (non-hydrogen) atoms. The molecule has 1 aromatic rings. The van der Waals surface area contributed by atoms with E-state index in [1.54, 1.807) is 11.8 Å². The largest absolute Gasteiger partial charge is 0.337 e. The van der Waals surface area contributed by atoms with Crippen molar-refractivity contribution in [3.8, 4) is 0 Å². The monoisotopic (exact) mass is 306 g/mol. The molecule has 2 atom stereocenters. The Balaban J connectivity index is 1.66. The predicted octanol–water partition coefficient (Wildman–Crippen LogP) is 4.00. The summed E-state index contributed by atoms with van der Waals surface area (Å²) in [6, 6.07) is 10.8. The van der Waals surface area contributed by atoms with Crippen LogP contribution in [0.25, 0.3) is 0 Å². The Hall–Kier alpha value is -1.16. The molecule has 116 valence electrons. The Morgan fingerprint density at radius 1 is 1.33 bits per heavy atom. The molecule has 0 saturated heterocycles. The Morgan fingerprint density at radius 2 is 2.10 bits per heavy atom. The molecule has 2 amide bonds. The number of hydrogen-bond donors (Lipinski definition) is 1. The summed E-state index contributed by atoms with van der Waals surface area (Å²) in [7, 11) is 1.93. The molecule has 0 radical (unpaired) electrons. The van der Waals surface area contributed by atoms with Crippen molar-refractivity contribution < 1.29 is 4.79 Å². The van der Waals surface area contributed by atoms with Crippen LogP contribution in [0.5, 0.6) is 0 Å². The van der Waals surface area contributed by atoms with E-state index in [1.165, 1.54) is 17.7 Å². The molecule has 2 unspecified atom stereocenters. The van der Waals surface area contributed by atoms with Crippen LogP contribution < -0.4 is 5.32 Å². The fourth-order valence-electron chi connectivity index (χ4n) is 2.89. The first kappa shape index (κ1) is 16.2. The van der Waals surface area contributed by atoms with Crippen molar-refractivity contribution in [1.82, 2.24) is 10.2 Å². The number of carbonyl (C=O) groups excluding carboxylic acids is 1. The summed E-state index contributed by atoms with van der Waals surface area (Å²) in [5, 5.41) is 3.03. The van der Waals surface area contributed by atoms with E-state index in [4.69, 9.17) is 0 Å². The van der Waals surface area contributed by atoms with Crippen LogP contribution in [0.3, 0.4) is 0 Å². The van der Waals surface area contributed by atoms with E-state index in [9.17, 15) is 4.79 Å². The second-order valence-electron chi connectivity index (χ2n) is 5.93. The smallest absolute Gasteiger partial charge is 0.317 e. The van der Waals surface area contributed by atoms with Crippen LogP contribution in [0.4, 0.5) is 4.79 Å². The van der Waals surface area contributed by atoms with Crippen LogP contribution in [0.2, 0.25) is 0 Å². The van der Waals surface area contributed by atoms with Gasteiger partial charge in [0.25, 0.3) is 0 Å². The van der Waals surface area contributed by atoms with Gasteiger partial charge in [-0.25, -0.2) is 4.79 Å². The van der Waals surface area contributed by atoms with Crippen molar-refractivity contribution in [2.45, 2.75) is 43.5 Å². The van der Waals surface area contributed by atoms with Crippen molar-refractivity contribution in [3.05, 3.63) is 30.3 Å². The lowest BCUT2D eigenvalue weighted by Gasteiger charge is -2.34. The Bertz CT molecular complexity index is 438. The molecule has 0 heterocycles. The predicted molar refractivity (Wildman–Crippen MR) is 89.7 cm³/mol. The SMILES string of the molecule is CC1CCCC(N(C)C(=O)NCCSc2ccccc2)C1. The fourth-order valence-corrected chi connectivity index (χ4v) is 3.68. The van der Waals surface area contributed by atoms with Crippen molar-refractivity contribution in [3.63, 3.8) is 0 Å². The zero-order valence-electron chi connectivity index (χ0n) is 13.0. The zero-order valence-corrected chi connectivity index (χ0v) is 13.9. The van der Waals surface area contributed by atoms with Crippen LogP contribution in [0.15, 0.2) is 35.2 Å². The van der Waals surface area contributed by atoms with Crippen LogP contribution in [0, 0.1) is 5.92 Å². The Kier molecular flexibility index (Phi) is 6.43. The standard InChI is InChI=1S/C17H26N2OS/c1-14-7-6-8-15(13-14)19(2)17(20)18-11-12-21-16-9-4-3-5-10-16/h3-5,9-10,14-15H,6-8,11-13H2,1-2H3,(H,18,20). The van der Waals surface area contributed by atoms with Crippen molar-refractivity contribution >= 4 is 17.8 Å². The number of urea groups is 1. The highest BCUT2D eigenvalue weighted by atomic mass is 32.2. The molecule has 1 aliphatic carbocycles. The number of nitrogens with one attached hydrogen (secondary N) is 1. The molecule has 2 rings (SSSR count). The van der Waals surface area contributed by atoms with E-state index in [0.29, 0.717) is 12.6 Å². The van der Waals surface area contributed by atoms with Gasteiger partial charge in [0.15, 0.2) is 0 Å². The molecule has 0 spiro atoms. The van der Waals surface area contributed by atoms with Crippen LogP contribution in [-0.4, -0.2) is 36.3 Å². The molecule has 1 saturated carbocycles. The van der Waals surface area contributed by atoms with Gasteiger partial charge < -0.3 is 10.2 Å². The first-order valence-corrected chi connectivity index (χ1v) is 8.84. The molecule has 1 aliphatic rings. The molecule has 1 fully saturated rings. The number of carbonyl (C=O) groups is 1. The summed E-state index contributed by atoms with van der Waals surface area (Å²) >= 11 is 1.78. The minimum Gasteiger partial charge on any atom is -0.337 e. The number of amides is 2. The maximum absolute atomic E-state index is 12.2. The topological polar surface area (TPSA) is 32.3 Å². The van der Waals surface area contributed by atoms with Gasteiger partial charge in [-0.15, -0.1) is 11.8 Å². The van der Waals surface area contributed by atoms with E-state index in [1.807, 2.05) is 30.1 Å². The van der Waals surface area contributed by atoms with Gasteiger partial charge in [-0.1, -0.05) is 38.0 Å². The Labute approximate surface area is 132 Å². The highest BCUT2D eigenvalue weighted by Gasteiger charge is 2.25. The summed E-state index contributed by atoms with van der Waals surface area (Å²) < 4.78 is 0. The minimum absolute atomic E-state index is 0.0720. The Morgan fingerprint density at radius 3 is 2.81 bits per heavy atom. The molecular weight excluding hydrogens is 280 g/mol. The van der Waals surface area contributed by atoms with Gasteiger partial charge in [0.2, 0.25) is 0 Å². The van der Waals surface area contributed by atoms with E-state index in [2.05, 4.69) is 24.4 Å². The first-order valence-electron chi connectivity index (χ1n) is 7.85. The molecule has 3 nitrogen and oxygen atoms in total. The van der Waals surface area contributed by atoms with Crippen molar-refractivity contribution in [1.29, 1.82) is 0 Å². The lowest BCUT2D eigenvalue weighted by molar-refractivity contribution is 0.161. The number of hydrogen-bond acceptors (Lipinski definition) is 2. The molecule has 1 N–H and O–H groups in total. The van der Waals surface area contributed by atoms with Gasteiger partial charge in [0.05, 0.1) is 0 Å². The van der Waals surface area contributed by atoms with Crippen molar-refractivity contribution in [2.24, 2.45) is 5.92 Å². The summed E-state index contributed by atoms with van der Waals surface area (Å²) in [5.41, 5.74) is 0. The summed E-state index contributed by atoms with van der Waals surface area (Å²) in [6.45, 7) is 3.00. The number of benzene rings is 1.